The summed E-state index contributed by atoms with van der Waals surface area (Å²) in [6.07, 6.45) is -0.531. The molecule has 1 nitrogen and oxygen atoms in total. The van der Waals surface area contributed by atoms with Gasteiger partial charge in [0, 0.05) is 0 Å². The highest BCUT2D eigenvalue weighted by Gasteiger charge is 2.07. The van der Waals surface area contributed by atoms with Gasteiger partial charge in [-0.2, -0.15) is 0 Å². The molecular formula is C8H7Cl2IO. The molecule has 1 atom stereocenters. The average Bonchev–Trinajstić information content (AvgIpc) is 1.99. The van der Waals surface area contributed by atoms with E-state index >= 15 is 0 Å². The van der Waals surface area contributed by atoms with Crippen molar-refractivity contribution in [3.63, 3.8) is 0 Å². The molecule has 0 aliphatic carbocycles. The van der Waals surface area contributed by atoms with Crippen molar-refractivity contribution in [2.45, 2.75) is 13.0 Å². The van der Waals surface area contributed by atoms with Crippen LogP contribution in [-0.4, -0.2) is 5.11 Å². The second-order valence-corrected chi connectivity index (χ2v) is 4.37. The van der Waals surface area contributed by atoms with Crippen LogP contribution in [0.15, 0.2) is 12.1 Å². The van der Waals surface area contributed by atoms with Crippen LogP contribution in [-0.2, 0) is 0 Å². The van der Waals surface area contributed by atoms with Crippen LogP contribution < -0.4 is 0 Å². The van der Waals surface area contributed by atoms with E-state index in [2.05, 4.69) is 22.6 Å². The molecule has 1 rings (SSSR count). The lowest BCUT2D eigenvalue weighted by Crippen LogP contribution is -1.92. The third kappa shape index (κ3) is 2.25. The zero-order chi connectivity index (χ0) is 9.30. The van der Waals surface area contributed by atoms with Gasteiger partial charge in [-0.1, -0.05) is 23.2 Å². The van der Waals surface area contributed by atoms with Gasteiger partial charge in [0.05, 0.1) is 19.7 Å². The number of benzene rings is 1. The molecule has 1 N–H and O–H groups in total. The highest BCUT2D eigenvalue weighted by Crippen LogP contribution is 2.29. The zero-order valence-corrected chi connectivity index (χ0v) is 9.98. The van der Waals surface area contributed by atoms with Gasteiger partial charge < -0.3 is 5.11 Å². The van der Waals surface area contributed by atoms with Crippen molar-refractivity contribution in [2.24, 2.45) is 0 Å². The van der Waals surface area contributed by atoms with Gasteiger partial charge in [-0.25, -0.2) is 0 Å². The molecule has 0 aromatic heterocycles. The monoisotopic (exact) mass is 316 g/mol. The number of aliphatic hydroxyl groups excluding tert-OH is 1. The summed E-state index contributed by atoms with van der Waals surface area (Å²) in [6.45, 7) is 1.68. The van der Waals surface area contributed by atoms with E-state index in [0.717, 1.165) is 9.13 Å². The first-order chi connectivity index (χ1) is 5.52. The van der Waals surface area contributed by atoms with Crippen molar-refractivity contribution >= 4 is 45.8 Å². The first-order valence-corrected chi connectivity index (χ1v) is 5.18. The maximum atomic E-state index is 9.24. The van der Waals surface area contributed by atoms with E-state index < -0.39 is 6.10 Å². The lowest BCUT2D eigenvalue weighted by Gasteiger charge is -2.07. The molecule has 0 heterocycles. The smallest absolute Gasteiger partial charge is 0.0762 e. The summed E-state index contributed by atoms with van der Waals surface area (Å²) in [7, 11) is 0. The number of rotatable bonds is 1. The molecular weight excluding hydrogens is 310 g/mol. The quantitative estimate of drug-likeness (QED) is 0.619. The highest BCUT2D eigenvalue weighted by atomic mass is 127. The molecule has 0 saturated heterocycles. The predicted octanol–water partition coefficient (Wildman–Crippen LogP) is 3.65. The van der Waals surface area contributed by atoms with E-state index in [1.165, 1.54) is 0 Å². The van der Waals surface area contributed by atoms with Crippen LogP contribution >= 0.6 is 45.8 Å². The molecule has 4 heteroatoms. The van der Waals surface area contributed by atoms with Gasteiger partial charge in [-0.05, 0) is 47.2 Å². The predicted molar refractivity (Wildman–Crippen MR) is 59.8 cm³/mol. The molecule has 0 aliphatic rings. The normalized spacial score (nSPS) is 13.1. The first kappa shape index (κ1) is 10.6. The number of aliphatic hydroxyl groups is 1. The van der Waals surface area contributed by atoms with Crippen molar-refractivity contribution in [3.05, 3.63) is 31.3 Å². The number of hydrogen-bond donors (Lipinski definition) is 1. The van der Waals surface area contributed by atoms with Crippen molar-refractivity contribution in [3.8, 4) is 0 Å². The molecule has 0 fully saturated rings. The van der Waals surface area contributed by atoms with Crippen molar-refractivity contribution < 1.29 is 5.11 Å². The van der Waals surface area contributed by atoms with Crippen molar-refractivity contribution in [1.29, 1.82) is 0 Å². The Kier molecular flexibility index (Phi) is 3.64. The van der Waals surface area contributed by atoms with Gasteiger partial charge in [0.1, 0.15) is 0 Å². The van der Waals surface area contributed by atoms with Gasteiger partial charge in [0.2, 0.25) is 0 Å². The molecule has 0 spiro atoms. The molecule has 66 valence electrons. The Morgan fingerprint density at radius 1 is 1.33 bits per heavy atom. The molecule has 12 heavy (non-hydrogen) atoms. The Hall–Kier alpha value is 0.490. The Labute approximate surface area is 94.8 Å². The third-order valence-electron chi connectivity index (χ3n) is 1.49. The SMILES string of the molecule is CC(O)c1cc(Cl)c(I)c(Cl)c1. The molecule has 1 aromatic rings. The molecule has 0 radical (unpaired) electrons. The fourth-order valence-electron chi connectivity index (χ4n) is 0.816. The van der Waals surface area contributed by atoms with E-state index in [0.29, 0.717) is 10.0 Å². The minimum Gasteiger partial charge on any atom is -0.389 e. The largest absolute Gasteiger partial charge is 0.389 e. The highest BCUT2D eigenvalue weighted by molar-refractivity contribution is 14.1. The van der Waals surface area contributed by atoms with Crippen LogP contribution in [0.4, 0.5) is 0 Å². The maximum Gasteiger partial charge on any atom is 0.0762 e. The first-order valence-electron chi connectivity index (χ1n) is 3.35. The number of halogens is 3. The summed E-state index contributed by atoms with van der Waals surface area (Å²) in [6, 6.07) is 3.44. The van der Waals surface area contributed by atoms with Crippen LogP contribution in [0.2, 0.25) is 10.0 Å². The zero-order valence-electron chi connectivity index (χ0n) is 6.31. The summed E-state index contributed by atoms with van der Waals surface area (Å²) in [4.78, 5) is 0. The van der Waals surface area contributed by atoms with Gasteiger partial charge in [-0.3, -0.25) is 0 Å². The minimum atomic E-state index is -0.531. The summed E-state index contributed by atoms with van der Waals surface area (Å²) in [5.41, 5.74) is 0.741. The average molecular weight is 317 g/mol. The van der Waals surface area contributed by atoms with E-state index in [1.54, 1.807) is 19.1 Å². The second kappa shape index (κ2) is 4.13. The fraction of sp³-hybridized carbons (Fsp3) is 0.250. The van der Waals surface area contributed by atoms with Crippen LogP contribution in [0, 0.1) is 3.57 Å². The van der Waals surface area contributed by atoms with Gasteiger partial charge >= 0.3 is 0 Å². The van der Waals surface area contributed by atoms with Crippen LogP contribution in [0.3, 0.4) is 0 Å². The molecule has 0 saturated carbocycles. The lowest BCUT2D eigenvalue weighted by molar-refractivity contribution is 0.199. The van der Waals surface area contributed by atoms with E-state index in [1.807, 2.05) is 0 Å². The Morgan fingerprint density at radius 3 is 2.08 bits per heavy atom. The van der Waals surface area contributed by atoms with Gasteiger partial charge in [0.25, 0.3) is 0 Å². The maximum absolute atomic E-state index is 9.24. The second-order valence-electron chi connectivity index (χ2n) is 2.47. The van der Waals surface area contributed by atoms with Crippen molar-refractivity contribution in [1.82, 2.24) is 0 Å². The minimum absolute atomic E-state index is 0.531. The van der Waals surface area contributed by atoms with Gasteiger partial charge in [0.15, 0.2) is 0 Å². The number of hydrogen-bond acceptors (Lipinski definition) is 1. The van der Waals surface area contributed by atoms with E-state index in [-0.39, 0.29) is 0 Å². The topological polar surface area (TPSA) is 20.2 Å². The standard InChI is InChI=1S/C8H7Cl2IO/c1-4(12)5-2-6(9)8(11)7(10)3-5/h2-4,12H,1H3. The molecule has 1 unspecified atom stereocenters. The summed E-state index contributed by atoms with van der Waals surface area (Å²) in [5.74, 6) is 0. The summed E-state index contributed by atoms with van der Waals surface area (Å²) >= 11 is 13.8. The van der Waals surface area contributed by atoms with Crippen LogP contribution in [0.25, 0.3) is 0 Å². The molecule has 0 amide bonds. The van der Waals surface area contributed by atoms with Gasteiger partial charge in [-0.15, -0.1) is 0 Å². The molecule has 0 aliphatic heterocycles. The summed E-state index contributed by atoms with van der Waals surface area (Å²) < 4.78 is 0.820. The fourth-order valence-corrected chi connectivity index (χ4v) is 1.63. The Bertz CT molecular complexity index is 276. The van der Waals surface area contributed by atoms with E-state index in [4.69, 9.17) is 23.2 Å². The van der Waals surface area contributed by atoms with E-state index in [9.17, 15) is 5.11 Å². The molecule has 1 aromatic carbocycles. The van der Waals surface area contributed by atoms with Crippen LogP contribution in [0.5, 0.6) is 0 Å². The third-order valence-corrected chi connectivity index (χ3v) is 3.88. The Balaban J connectivity index is 3.21. The lowest BCUT2D eigenvalue weighted by atomic mass is 10.1. The summed E-state index contributed by atoms with van der Waals surface area (Å²) in [5, 5.41) is 10.4. The van der Waals surface area contributed by atoms with Crippen LogP contribution in [0.1, 0.15) is 18.6 Å². The van der Waals surface area contributed by atoms with Crippen molar-refractivity contribution in [2.75, 3.05) is 0 Å². The molecule has 0 bridgehead atoms. The Morgan fingerprint density at radius 2 is 1.75 bits per heavy atom.